The Balaban J connectivity index is 1.59. The van der Waals surface area contributed by atoms with Gasteiger partial charge in [-0.2, -0.15) is 5.10 Å². The molecule has 0 unspecified atom stereocenters. The topological polar surface area (TPSA) is 87.0 Å². The quantitative estimate of drug-likeness (QED) is 0.600. The third-order valence-corrected chi connectivity index (χ3v) is 4.34. The van der Waals surface area contributed by atoms with E-state index in [1.807, 2.05) is 25.4 Å². The number of aryl methyl sites for hydroxylation is 2. The van der Waals surface area contributed by atoms with Crippen LogP contribution in [0, 0.1) is 6.92 Å². The average Bonchev–Trinajstić information content (AvgIpc) is 3.08. The summed E-state index contributed by atoms with van der Waals surface area (Å²) in [6, 6.07) is 5.20. The van der Waals surface area contributed by atoms with Crippen molar-refractivity contribution >= 4 is 11.6 Å². The lowest BCUT2D eigenvalue weighted by atomic mass is 10.1. The van der Waals surface area contributed by atoms with Gasteiger partial charge in [-0.05, 0) is 37.5 Å². The molecule has 3 rings (SSSR count). The first kappa shape index (κ1) is 19.5. The maximum atomic E-state index is 12.5. The summed E-state index contributed by atoms with van der Waals surface area (Å²) >= 11 is 0. The number of aromatic nitrogens is 3. The standard InChI is InChI=1S/C20H24N4O4/c1-13-8-18-22-11-14(12-24(18)23-13)6-5-7-21-20(25)15-9-16(26-2)19(28-4)17(10-15)27-3/h8-12H,5-7H2,1-4H3,(H,21,25). The highest BCUT2D eigenvalue weighted by molar-refractivity contribution is 5.95. The van der Waals surface area contributed by atoms with Gasteiger partial charge < -0.3 is 19.5 Å². The van der Waals surface area contributed by atoms with Crippen LogP contribution in [0.5, 0.6) is 17.2 Å². The molecule has 0 spiro atoms. The molecule has 28 heavy (non-hydrogen) atoms. The molecule has 148 valence electrons. The Labute approximate surface area is 163 Å². The van der Waals surface area contributed by atoms with E-state index >= 15 is 0 Å². The molecule has 1 N–H and O–H groups in total. The number of nitrogens with one attached hydrogen (secondary N) is 1. The molecule has 1 aromatic carbocycles. The van der Waals surface area contributed by atoms with E-state index in [1.54, 1.807) is 16.6 Å². The van der Waals surface area contributed by atoms with Gasteiger partial charge in [0.1, 0.15) is 0 Å². The Morgan fingerprint density at radius 1 is 1.11 bits per heavy atom. The van der Waals surface area contributed by atoms with Crippen LogP contribution in [-0.2, 0) is 6.42 Å². The van der Waals surface area contributed by atoms with Crippen LogP contribution >= 0.6 is 0 Å². The minimum Gasteiger partial charge on any atom is -0.493 e. The molecule has 0 radical (unpaired) electrons. The van der Waals surface area contributed by atoms with Gasteiger partial charge in [0.05, 0.1) is 27.0 Å². The number of ether oxygens (including phenoxy) is 3. The van der Waals surface area contributed by atoms with E-state index in [9.17, 15) is 4.79 Å². The Bertz CT molecular complexity index is 958. The van der Waals surface area contributed by atoms with E-state index in [1.165, 1.54) is 21.3 Å². The predicted molar refractivity (Wildman–Crippen MR) is 104 cm³/mol. The van der Waals surface area contributed by atoms with Gasteiger partial charge in [0, 0.05) is 30.6 Å². The Morgan fingerprint density at radius 2 is 1.82 bits per heavy atom. The van der Waals surface area contributed by atoms with Gasteiger partial charge in [0.25, 0.3) is 5.91 Å². The lowest BCUT2D eigenvalue weighted by Crippen LogP contribution is -2.25. The van der Waals surface area contributed by atoms with Crippen LogP contribution in [-0.4, -0.2) is 48.4 Å². The third kappa shape index (κ3) is 4.16. The van der Waals surface area contributed by atoms with Gasteiger partial charge in [-0.15, -0.1) is 0 Å². The van der Waals surface area contributed by atoms with Crippen LogP contribution in [0.1, 0.15) is 28.0 Å². The van der Waals surface area contributed by atoms with E-state index in [0.29, 0.717) is 29.4 Å². The molecule has 2 aromatic heterocycles. The lowest BCUT2D eigenvalue weighted by molar-refractivity contribution is 0.0952. The monoisotopic (exact) mass is 384 g/mol. The molecule has 8 heteroatoms. The van der Waals surface area contributed by atoms with Gasteiger partial charge in [0.15, 0.2) is 17.1 Å². The van der Waals surface area contributed by atoms with E-state index < -0.39 is 0 Å². The zero-order valence-electron chi connectivity index (χ0n) is 16.5. The van der Waals surface area contributed by atoms with Gasteiger partial charge >= 0.3 is 0 Å². The number of hydrogen-bond donors (Lipinski definition) is 1. The predicted octanol–water partition coefficient (Wildman–Crippen LogP) is 2.43. The molecule has 0 aliphatic carbocycles. The first-order valence-corrected chi connectivity index (χ1v) is 8.94. The van der Waals surface area contributed by atoms with Gasteiger partial charge in [-0.1, -0.05) is 0 Å². The zero-order chi connectivity index (χ0) is 20.1. The molecule has 0 fully saturated rings. The molecule has 0 saturated carbocycles. The van der Waals surface area contributed by atoms with E-state index in [4.69, 9.17) is 14.2 Å². The average molecular weight is 384 g/mol. The molecule has 8 nitrogen and oxygen atoms in total. The van der Waals surface area contributed by atoms with Crippen molar-refractivity contribution in [2.75, 3.05) is 27.9 Å². The fourth-order valence-electron chi connectivity index (χ4n) is 2.97. The van der Waals surface area contributed by atoms with Crippen molar-refractivity contribution in [3.63, 3.8) is 0 Å². The maximum absolute atomic E-state index is 12.5. The molecule has 0 saturated heterocycles. The van der Waals surface area contributed by atoms with Crippen molar-refractivity contribution in [3.05, 3.63) is 47.4 Å². The summed E-state index contributed by atoms with van der Waals surface area (Å²) in [6.45, 7) is 2.47. The highest BCUT2D eigenvalue weighted by Gasteiger charge is 2.16. The third-order valence-electron chi connectivity index (χ3n) is 4.34. The maximum Gasteiger partial charge on any atom is 0.251 e. The molecule has 0 aliphatic rings. The number of hydrogen-bond acceptors (Lipinski definition) is 6. The second kappa shape index (κ2) is 8.60. The summed E-state index contributed by atoms with van der Waals surface area (Å²) < 4.78 is 17.6. The molecule has 1 amide bonds. The van der Waals surface area contributed by atoms with Crippen molar-refractivity contribution in [2.45, 2.75) is 19.8 Å². The molecule has 3 aromatic rings. The smallest absolute Gasteiger partial charge is 0.251 e. The normalized spacial score (nSPS) is 10.7. The highest BCUT2D eigenvalue weighted by atomic mass is 16.5. The van der Waals surface area contributed by atoms with Crippen LogP contribution in [0.15, 0.2) is 30.6 Å². The first-order chi connectivity index (χ1) is 13.5. The first-order valence-electron chi connectivity index (χ1n) is 8.94. The SMILES string of the molecule is COc1cc(C(=O)NCCCc2cnc3cc(C)nn3c2)cc(OC)c1OC. The minimum absolute atomic E-state index is 0.199. The highest BCUT2D eigenvalue weighted by Crippen LogP contribution is 2.38. The summed E-state index contributed by atoms with van der Waals surface area (Å²) in [4.78, 5) is 16.9. The van der Waals surface area contributed by atoms with Crippen molar-refractivity contribution < 1.29 is 19.0 Å². The molecule has 2 heterocycles. The number of nitrogens with zero attached hydrogens (tertiary/aromatic N) is 3. The van der Waals surface area contributed by atoms with Gasteiger partial charge in [0.2, 0.25) is 5.75 Å². The lowest BCUT2D eigenvalue weighted by Gasteiger charge is -2.14. The van der Waals surface area contributed by atoms with Crippen LogP contribution < -0.4 is 19.5 Å². The molecule has 0 bridgehead atoms. The molecule has 0 atom stereocenters. The number of methoxy groups -OCH3 is 3. The van der Waals surface area contributed by atoms with Crippen molar-refractivity contribution in [1.29, 1.82) is 0 Å². The molecule has 0 aliphatic heterocycles. The Kier molecular flexibility index (Phi) is 5.98. The summed E-state index contributed by atoms with van der Waals surface area (Å²) in [5.41, 5.74) is 3.28. The van der Waals surface area contributed by atoms with Gasteiger partial charge in [-0.3, -0.25) is 4.79 Å². The number of benzene rings is 1. The largest absolute Gasteiger partial charge is 0.493 e. The van der Waals surface area contributed by atoms with Crippen molar-refractivity contribution in [1.82, 2.24) is 19.9 Å². The zero-order valence-corrected chi connectivity index (χ0v) is 16.5. The number of carbonyl (C=O) groups is 1. The minimum atomic E-state index is -0.199. The summed E-state index contributed by atoms with van der Waals surface area (Å²) in [5.74, 6) is 1.15. The van der Waals surface area contributed by atoms with Crippen LogP contribution in [0.4, 0.5) is 0 Å². The number of amides is 1. The second-order valence-electron chi connectivity index (χ2n) is 6.32. The van der Waals surface area contributed by atoms with Crippen LogP contribution in [0.2, 0.25) is 0 Å². The van der Waals surface area contributed by atoms with Crippen LogP contribution in [0.25, 0.3) is 5.65 Å². The molecular weight excluding hydrogens is 360 g/mol. The number of rotatable bonds is 8. The number of carbonyl (C=O) groups excluding carboxylic acids is 1. The fourth-order valence-corrected chi connectivity index (χ4v) is 2.97. The molecular formula is C20H24N4O4. The summed E-state index contributed by atoms with van der Waals surface area (Å²) in [6.07, 6.45) is 5.38. The van der Waals surface area contributed by atoms with Crippen molar-refractivity contribution in [2.24, 2.45) is 0 Å². The van der Waals surface area contributed by atoms with Crippen LogP contribution in [0.3, 0.4) is 0 Å². The summed E-state index contributed by atoms with van der Waals surface area (Å²) in [5, 5.41) is 7.28. The van der Waals surface area contributed by atoms with E-state index in [0.717, 1.165) is 29.7 Å². The number of fused-ring (bicyclic) bond motifs is 1. The summed E-state index contributed by atoms with van der Waals surface area (Å²) in [7, 11) is 4.56. The fraction of sp³-hybridized carbons (Fsp3) is 0.350. The van der Waals surface area contributed by atoms with Crippen molar-refractivity contribution in [3.8, 4) is 17.2 Å². The second-order valence-corrected chi connectivity index (χ2v) is 6.32. The van der Waals surface area contributed by atoms with E-state index in [-0.39, 0.29) is 5.91 Å². The Hall–Kier alpha value is -3.29. The Morgan fingerprint density at radius 3 is 2.46 bits per heavy atom. The van der Waals surface area contributed by atoms with E-state index in [2.05, 4.69) is 15.4 Å². The van der Waals surface area contributed by atoms with Gasteiger partial charge in [-0.25, -0.2) is 9.50 Å².